The number of para-hydroxylation sites is 1. The second kappa shape index (κ2) is 4.69. The van der Waals surface area contributed by atoms with Gasteiger partial charge < -0.3 is 10.7 Å². The number of nitrogens with one attached hydrogen (secondary N) is 1. The first-order chi connectivity index (χ1) is 6.33. The van der Waals surface area contributed by atoms with Crippen LogP contribution in [0.3, 0.4) is 0 Å². The average molecular weight is 231 g/mol. The molecule has 1 heterocycles. The van der Waals surface area contributed by atoms with E-state index in [1.54, 1.807) is 0 Å². The number of benzene rings is 1. The minimum absolute atomic E-state index is 0. The third-order valence-corrected chi connectivity index (χ3v) is 2.48. The molecule has 0 bridgehead atoms. The van der Waals surface area contributed by atoms with Crippen molar-refractivity contribution in [1.82, 2.24) is 4.98 Å². The topological polar surface area (TPSA) is 41.8 Å². The number of H-pyrrole nitrogens is 1. The highest BCUT2D eigenvalue weighted by Gasteiger charge is 2.07. The summed E-state index contributed by atoms with van der Waals surface area (Å²) in [6.07, 6.45) is 0.822. The van der Waals surface area contributed by atoms with Crippen LogP contribution < -0.4 is 5.73 Å². The highest BCUT2D eigenvalue weighted by atomic mass is 35.5. The minimum atomic E-state index is 0. The van der Waals surface area contributed by atoms with E-state index in [9.17, 15) is 0 Å². The summed E-state index contributed by atoms with van der Waals surface area (Å²) in [5.74, 6) is 0. The molecule has 0 spiro atoms. The van der Waals surface area contributed by atoms with Crippen molar-refractivity contribution in [1.29, 1.82) is 0 Å². The van der Waals surface area contributed by atoms with Gasteiger partial charge in [0.15, 0.2) is 0 Å². The normalized spacial score (nSPS) is 10.1. The zero-order valence-electron chi connectivity index (χ0n) is 7.59. The van der Waals surface area contributed by atoms with Crippen LogP contribution in [0.25, 0.3) is 10.9 Å². The molecule has 2 nitrogen and oxygen atoms in total. The van der Waals surface area contributed by atoms with Gasteiger partial charge in [0.2, 0.25) is 0 Å². The van der Waals surface area contributed by atoms with E-state index >= 15 is 0 Å². The van der Waals surface area contributed by atoms with Crippen molar-refractivity contribution >= 4 is 34.9 Å². The lowest BCUT2D eigenvalue weighted by molar-refractivity contribution is 0.976. The number of aromatic amines is 1. The van der Waals surface area contributed by atoms with Crippen molar-refractivity contribution in [2.75, 3.05) is 6.54 Å². The quantitative estimate of drug-likeness (QED) is 0.819. The standard InChI is InChI=1S/C10H11ClN2.ClH/c11-10-8(5-6-12)7-3-1-2-4-9(7)13-10;/h1-4,13H,5-6,12H2;1H. The second-order valence-corrected chi connectivity index (χ2v) is 3.38. The highest BCUT2D eigenvalue weighted by Crippen LogP contribution is 2.25. The molecule has 4 heteroatoms. The van der Waals surface area contributed by atoms with Gasteiger partial charge >= 0.3 is 0 Å². The maximum absolute atomic E-state index is 6.04. The Kier molecular flexibility index (Phi) is 3.81. The van der Waals surface area contributed by atoms with Crippen molar-refractivity contribution in [2.24, 2.45) is 5.73 Å². The Balaban J connectivity index is 0.000000980. The van der Waals surface area contributed by atoms with Crippen LogP contribution in [0.2, 0.25) is 5.15 Å². The number of nitrogens with two attached hydrogens (primary N) is 1. The Morgan fingerprint density at radius 1 is 1.29 bits per heavy atom. The summed E-state index contributed by atoms with van der Waals surface area (Å²) >= 11 is 6.04. The molecular weight excluding hydrogens is 219 g/mol. The molecule has 0 saturated heterocycles. The van der Waals surface area contributed by atoms with Crippen LogP contribution in [0, 0.1) is 0 Å². The van der Waals surface area contributed by atoms with Gasteiger partial charge in [-0.15, -0.1) is 12.4 Å². The molecule has 1 aromatic carbocycles. The Morgan fingerprint density at radius 2 is 2.00 bits per heavy atom. The van der Waals surface area contributed by atoms with Gasteiger partial charge in [0.1, 0.15) is 5.15 Å². The molecule has 0 aliphatic heterocycles. The van der Waals surface area contributed by atoms with Crippen LogP contribution in [-0.2, 0) is 6.42 Å². The molecule has 0 fully saturated rings. The van der Waals surface area contributed by atoms with E-state index in [1.165, 1.54) is 5.39 Å². The molecule has 0 aliphatic carbocycles. The summed E-state index contributed by atoms with van der Waals surface area (Å²) < 4.78 is 0. The summed E-state index contributed by atoms with van der Waals surface area (Å²) in [4.78, 5) is 3.12. The zero-order chi connectivity index (χ0) is 9.26. The lowest BCUT2D eigenvalue weighted by Crippen LogP contribution is -2.02. The lowest BCUT2D eigenvalue weighted by Gasteiger charge is -1.95. The van der Waals surface area contributed by atoms with Gasteiger partial charge in [-0.2, -0.15) is 0 Å². The lowest BCUT2D eigenvalue weighted by atomic mass is 10.1. The van der Waals surface area contributed by atoms with Gasteiger partial charge in [-0.3, -0.25) is 0 Å². The van der Waals surface area contributed by atoms with Crippen molar-refractivity contribution in [3.8, 4) is 0 Å². The molecule has 76 valence electrons. The van der Waals surface area contributed by atoms with Crippen LogP contribution in [0.1, 0.15) is 5.56 Å². The zero-order valence-corrected chi connectivity index (χ0v) is 9.16. The second-order valence-electron chi connectivity index (χ2n) is 3.00. The first-order valence-electron chi connectivity index (χ1n) is 4.28. The summed E-state index contributed by atoms with van der Waals surface area (Å²) in [5.41, 5.74) is 7.71. The van der Waals surface area contributed by atoms with Gasteiger partial charge in [-0.25, -0.2) is 0 Å². The van der Waals surface area contributed by atoms with Crippen molar-refractivity contribution < 1.29 is 0 Å². The number of aromatic nitrogens is 1. The van der Waals surface area contributed by atoms with Gasteiger partial charge in [0.25, 0.3) is 0 Å². The van der Waals surface area contributed by atoms with Crippen LogP contribution >= 0.6 is 24.0 Å². The Hall–Kier alpha value is -0.700. The van der Waals surface area contributed by atoms with Gasteiger partial charge in [-0.05, 0) is 24.6 Å². The molecule has 2 aromatic rings. The van der Waals surface area contributed by atoms with Gasteiger partial charge in [-0.1, -0.05) is 29.8 Å². The molecular formula is C10H12Cl2N2. The SMILES string of the molecule is Cl.NCCc1c(Cl)[nH]c2ccccc12. The van der Waals surface area contributed by atoms with E-state index in [0.29, 0.717) is 11.7 Å². The number of halogens is 2. The smallest absolute Gasteiger partial charge is 0.110 e. The van der Waals surface area contributed by atoms with Crippen LogP contribution in [0.4, 0.5) is 0 Å². The number of fused-ring (bicyclic) bond motifs is 1. The van der Waals surface area contributed by atoms with Crippen molar-refractivity contribution in [2.45, 2.75) is 6.42 Å². The Morgan fingerprint density at radius 3 is 2.71 bits per heavy atom. The maximum Gasteiger partial charge on any atom is 0.110 e. The van der Waals surface area contributed by atoms with Gasteiger partial charge in [0.05, 0.1) is 0 Å². The van der Waals surface area contributed by atoms with E-state index in [-0.39, 0.29) is 12.4 Å². The minimum Gasteiger partial charge on any atom is -0.345 e. The molecule has 0 aliphatic rings. The average Bonchev–Trinajstić information content (AvgIpc) is 2.44. The predicted molar refractivity (Wildman–Crippen MR) is 63.3 cm³/mol. The molecule has 0 radical (unpaired) electrons. The largest absolute Gasteiger partial charge is 0.345 e. The van der Waals surface area contributed by atoms with Crippen molar-refractivity contribution in [3.05, 3.63) is 35.0 Å². The highest BCUT2D eigenvalue weighted by molar-refractivity contribution is 6.31. The molecule has 0 amide bonds. The van der Waals surface area contributed by atoms with E-state index < -0.39 is 0 Å². The third kappa shape index (κ3) is 1.87. The maximum atomic E-state index is 6.04. The summed E-state index contributed by atoms with van der Waals surface area (Å²) in [5, 5.41) is 1.89. The molecule has 0 atom stereocenters. The summed E-state index contributed by atoms with van der Waals surface area (Å²) in [6.45, 7) is 0.627. The predicted octanol–water partition coefficient (Wildman–Crippen LogP) is 2.74. The number of hydrogen-bond donors (Lipinski definition) is 2. The molecule has 14 heavy (non-hydrogen) atoms. The number of hydrogen-bond acceptors (Lipinski definition) is 1. The fraction of sp³-hybridized carbons (Fsp3) is 0.200. The van der Waals surface area contributed by atoms with E-state index in [1.807, 2.05) is 18.2 Å². The Labute approximate surface area is 93.8 Å². The summed E-state index contributed by atoms with van der Waals surface area (Å²) in [6, 6.07) is 8.07. The molecule has 2 rings (SSSR count). The summed E-state index contributed by atoms with van der Waals surface area (Å²) in [7, 11) is 0. The molecule has 0 saturated carbocycles. The molecule has 1 aromatic heterocycles. The third-order valence-electron chi connectivity index (χ3n) is 2.16. The van der Waals surface area contributed by atoms with E-state index in [0.717, 1.165) is 17.5 Å². The van der Waals surface area contributed by atoms with Crippen LogP contribution in [-0.4, -0.2) is 11.5 Å². The fourth-order valence-corrected chi connectivity index (χ4v) is 1.85. The van der Waals surface area contributed by atoms with E-state index in [4.69, 9.17) is 17.3 Å². The van der Waals surface area contributed by atoms with Gasteiger partial charge in [0, 0.05) is 10.9 Å². The molecule has 3 N–H and O–H groups in total. The van der Waals surface area contributed by atoms with E-state index in [2.05, 4.69) is 11.1 Å². The van der Waals surface area contributed by atoms with Crippen LogP contribution in [0.15, 0.2) is 24.3 Å². The first kappa shape index (κ1) is 11.4. The molecule has 0 unspecified atom stereocenters. The number of rotatable bonds is 2. The van der Waals surface area contributed by atoms with Crippen LogP contribution in [0.5, 0.6) is 0 Å². The first-order valence-corrected chi connectivity index (χ1v) is 4.66. The fourth-order valence-electron chi connectivity index (χ4n) is 1.56. The Bertz CT molecular complexity index is 423. The monoisotopic (exact) mass is 230 g/mol. The van der Waals surface area contributed by atoms with Crippen molar-refractivity contribution in [3.63, 3.8) is 0 Å².